The van der Waals surface area contributed by atoms with Crippen molar-refractivity contribution < 1.29 is 8.60 Å². The molecule has 1 aromatic rings. The minimum Gasteiger partial charge on any atom is -0.326 e. The van der Waals surface area contributed by atoms with E-state index in [9.17, 15) is 8.60 Å². The molecule has 2 atom stereocenters. The molecule has 0 aromatic heterocycles. The highest BCUT2D eigenvalue weighted by molar-refractivity contribution is 7.84. The average molecular weight is 257 g/mol. The number of halogens is 1. The van der Waals surface area contributed by atoms with Gasteiger partial charge >= 0.3 is 0 Å². The summed E-state index contributed by atoms with van der Waals surface area (Å²) in [6.45, 7) is 6.39. The van der Waals surface area contributed by atoms with Gasteiger partial charge in [-0.3, -0.25) is 4.21 Å². The standard InChI is InChI=1S/C13H20FNOS/c1-9(2)10(3)17(16)8-12-6-13(14)5-4-11(12)7-15/h4-6,9-10H,7-8,15H2,1-3H3. The fraction of sp³-hybridized carbons (Fsp3) is 0.538. The molecule has 0 saturated carbocycles. The molecule has 2 nitrogen and oxygen atoms in total. The van der Waals surface area contributed by atoms with Crippen LogP contribution in [0.4, 0.5) is 4.39 Å². The van der Waals surface area contributed by atoms with Crippen LogP contribution >= 0.6 is 0 Å². The van der Waals surface area contributed by atoms with Gasteiger partial charge in [-0.1, -0.05) is 26.8 Å². The summed E-state index contributed by atoms with van der Waals surface area (Å²) in [5.74, 6) is 0.431. The van der Waals surface area contributed by atoms with E-state index < -0.39 is 10.8 Å². The Morgan fingerprint density at radius 3 is 2.47 bits per heavy atom. The molecule has 1 aromatic carbocycles. The van der Waals surface area contributed by atoms with Crippen molar-refractivity contribution in [3.05, 3.63) is 35.1 Å². The highest BCUT2D eigenvalue weighted by Gasteiger charge is 2.16. The number of hydrogen-bond acceptors (Lipinski definition) is 2. The zero-order chi connectivity index (χ0) is 13.0. The summed E-state index contributed by atoms with van der Waals surface area (Å²) in [7, 11) is -0.988. The van der Waals surface area contributed by atoms with Gasteiger partial charge in [0.2, 0.25) is 0 Å². The largest absolute Gasteiger partial charge is 0.326 e. The Bertz CT molecular complexity index is 406. The Morgan fingerprint density at radius 2 is 1.94 bits per heavy atom. The van der Waals surface area contributed by atoms with E-state index in [2.05, 4.69) is 0 Å². The molecule has 0 saturated heterocycles. The fourth-order valence-electron chi connectivity index (χ4n) is 1.52. The molecular weight excluding hydrogens is 237 g/mol. The summed E-state index contributed by atoms with van der Waals surface area (Å²) in [6, 6.07) is 4.50. The van der Waals surface area contributed by atoms with Gasteiger partial charge in [0.15, 0.2) is 0 Å². The van der Waals surface area contributed by atoms with Crippen LogP contribution in [-0.4, -0.2) is 9.46 Å². The van der Waals surface area contributed by atoms with E-state index in [4.69, 9.17) is 5.73 Å². The second kappa shape index (κ2) is 6.26. The summed E-state index contributed by atoms with van der Waals surface area (Å²) in [5.41, 5.74) is 7.22. The Labute approximate surface area is 105 Å². The zero-order valence-corrected chi connectivity index (χ0v) is 11.4. The maximum absolute atomic E-state index is 13.2. The van der Waals surface area contributed by atoms with Crippen LogP contribution in [0.3, 0.4) is 0 Å². The number of rotatable bonds is 5. The van der Waals surface area contributed by atoms with Gasteiger partial charge in [-0.25, -0.2) is 4.39 Å². The van der Waals surface area contributed by atoms with Crippen LogP contribution in [0.25, 0.3) is 0 Å². The smallest absolute Gasteiger partial charge is 0.123 e. The average Bonchev–Trinajstić information content (AvgIpc) is 2.28. The van der Waals surface area contributed by atoms with Gasteiger partial charge in [0.1, 0.15) is 5.82 Å². The topological polar surface area (TPSA) is 43.1 Å². The SMILES string of the molecule is CC(C)C(C)S(=O)Cc1cc(F)ccc1CN. The van der Waals surface area contributed by atoms with Gasteiger partial charge in [0.05, 0.1) is 0 Å². The molecule has 0 radical (unpaired) electrons. The van der Waals surface area contributed by atoms with Crippen LogP contribution in [0.2, 0.25) is 0 Å². The lowest BCUT2D eigenvalue weighted by Crippen LogP contribution is -2.19. The Kier molecular flexibility index (Phi) is 5.28. The number of hydrogen-bond donors (Lipinski definition) is 1. The quantitative estimate of drug-likeness (QED) is 0.881. The summed E-state index contributed by atoms with van der Waals surface area (Å²) in [6.07, 6.45) is 0. The van der Waals surface area contributed by atoms with E-state index in [1.165, 1.54) is 12.1 Å². The predicted molar refractivity (Wildman–Crippen MR) is 70.4 cm³/mol. The maximum Gasteiger partial charge on any atom is 0.123 e. The van der Waals surface area contributed by atoms with Crippen LogP contribution < -0.4 is 5.73 Å². The molecule has 0 fully saturated rings. The van der Waals surface area contributed by atoms with Crippen molar-refractivity contribution in [2.24, 2.45) is 11.7 Å². The first-order valence-electron chi connectivity index (χ1n) is 5.80. The van der Waals surface area contributed by atoms with Crippen LogP contribution in [0, 0.1) is 11.7 Å². The van der Waals surface area contributed by atoms with Crippen LogP contribution in [0.5, 0.6) is 0 Å². The molecule has 0 spiro atoms. The Balaban J connectivity index is 2.87. The minimum atomic E-state index is -0.988. The number of nitrogens with two attached hydrogens (primary N) is 1. The summed E-state index contributed by atoms with van der Waals surface area (Å²) < 4.78 is 25.2. The first-order valence-corrected chi connectivity index (χ1v) is 7.18. The second-order valence-corrected chi connectivity index (χ2v) is 6.39. The lowest BCUT2D eigenvalue weighted by molar-refractivity contribution is 0.604. The lowest BCUT2D eigenvalue weighted by atomic mass is 10.1. The summed E-state index contributed by atoms with van der Waals surface area (Å²) in [4.78, 5) is 0. The summed E-state index contributed by atoms with van der Waals surface area (Å²) >= 11 is 0. The highest BCUT2D eigenvalue weighted by Crippen LogP contribution is 2.17. The van der Waals surface area contributed by atoms with Crippen LogP contribution in [0.1, 0.15) is 31.9 Å². The molecular formula is C13H20FNOS. The first kappa shape index (κ1) is 14.3. The van der Waals surface area contributed by atoms with Crippen molar-refractivity contribution in [3.63, 3.8) is 0 Å². The fourth-order valence-corrected chi connectivity index (χ4v) is 2.96. The first-order chi connectivity index (χ1) is 7.95. The zero-order valence-electron chi connectivity index (χ0n) is 10.6. The van der Waals surface area contributed by atoms with E-state index in [1.807, 2.05) is 20.8 Å². The third-order valence-electron chi connectivity index (χ3n) is 3.04. The normalized spacial score (nSPS) is 14.9. The number of benzene rings is 1. The molecule has 0 aliphatic carbocycles. The molecule has 1 rings (SSSR count). The molecule has 96 valence electrons. The van der Waals surface area contributed by atoms with Gasteiger partial charge in [-0.05, 0) is 29.2 Å². The van der Waals surface area contributed by atoms with Crippen molar-refractivity contribution in [3.8, 4) is 0 Å². The molecule has 17 heavy (non-hydrogen) atoms. The molecule has 0 heterocycles. The van der Waals surface area contributed by atoms with Crippen molar-refractivity contribution >= 4 is 10.8 Å². The van der Waals surface area contributed by atoms with Crippen LogP contribution in [-0.2, 0) is 23.1 Å². The molecule has 4 heteroatoms. The van der Waals surface area contributed by atoms with Crippen molar-refractivity contribution in [1.29, 1.82) is 0 Å². The minimum absolute atomic E-state index is 0.101. The third-order valence-corrected chi connectivity index (χ3v) is 5.01. The maximum atomic E-state index is 13.2. The van der Waals surface area contributed by atoms with Crippen molar-refractivity contribution in [2.75, 3.05) is 0 Å². The van der Waals surface area contributed by atoms with E-state index in [0.717, 1.165) is 11.1 Å². The lowest BCUT2D eigenvalue weighted by Gasteiger charge is -2.16. The van der Waals surface area contributed by atoms with E-state index >= 15 is 0 Å². The van der Waals surface area contributed by atoms with E-state index in [1.54, 1.807) is 6.07 Å². The van der Waals surface area contributed by atoms with Gasteiger partial charge in [0.25, 0.3) is 0 Å². The molecule has 0 amide bonds. The van der Waals surface area contributed by atoms with Crippen molar-refractivity contribution in [1.82, 2.24) is 0 Å². The van der Waals surface area contributed by atoms with E-state index in [-0.39, 0.29) is 11.1 Å². The second-order valence-electron chi connectivity index (χ2n) is 4.59. The molecule has 0 aliphatic heterocycles. The Morgan fingerprint density at radius 1 is 1.29 bits per heavy atom. The molecule has 0 bridgehead atoms. The summed E-state index contributed by atoms with van der Waals surface area (Å²) in [5, 5.41) is 0.101. The van der Waals surface area contributed by atoms with Crippen molar-refractivity contribution in [2.45, 2.75) is 38.3 Å². The van der Waals surface area contributed by atoms with E-state index in [0.29, 0.717) is 18.2 Å². The monoisotopic (exact) mass is 257 g/mol. The van der Waals surface area contributed by atoms with Gasteiger partial charge in [-0.15, -0.1) is 0 Å². The van der Waals surface area contributed by atoms with Gasteiger partial charge in [-0.2, -0.15) is 0 Å². The van der Waals surface area contributed by atoms with Gasteiger partial charge < -0.3 is 5.73 Å². The van der Waals surface area contributed by atoms with Crippen LogP contribution in [0.15, 0.2) is 18.2 Å². The Hall–Kier alpha value is -0.740. The predicted octanol–water partition coefficient (Wildman–Crippen LogP) is 2.58. The molecule has 0 aliphatic rings. The third kappa shape index (κ3) is 3.89. The molecule has 2 N–H and O–H groups in total. The molecule has 2 unspecified atom stereocenters. The van der Waals surface area contributed by atoms with Gasteiger partial charge in [0, 0.05) is 28.3 Å². The highest BCUT2D eigenvalue weighted by atomic mass is 32.2.